The molecule has 0 spiro atoms. The zero-order valence-electron chi connectivity index (χ0n) is 12.0. The van der Waals surface area contributed by atoms with Crippen molar-refractivity contribution in [3.8, 4) is 0 Å². The van der Waals surface area contributed by atoms with Crippen LogP contribution in [0.15, 0.2) is 30.3 Å². The molecule has 1 fully saturated rings. The first-order chi connectivity index (χ1) is 9.72. The number of carbonyl (C=O) groups excluding carboxylic acids is 2. The Morgan fingerprint density at radius 2 is 1.85 bits per heavy atom. The Labute approximate surface area is 120 Å². The minimum Gasteiger partial charge on any atom is -0.325 e. The average Bonchev–Trinajstić information content (AvgIpc) is 2.72. The van der Waals surface area contributed by atoms with Crippen LogP contribution in [0, 0.1) is 0 Å². The molecule has 2 rings (SSSR count). The monoisotopic (exact) mass is 274 g/mol. The highest BCUT2D eigenvalue weighted by atomic mass is 16.2. The van der Waals surface area contributed by atoms with Gasteiger partial charge in [0.25, 0.3) is 5.91 Å². The van der Waals surface area contributed by atoms with Gasteiger partial charge in [-0.25, -0.2) is 4.79 Å². The van der Waals surface area contributed by atoms with Crippen LogP contribution in [-0.2, 0) is 11.2 Å². The van der Waals surface area contributed by atoms with Crippen molar-refractivity contribution in [3.05, 3.63) is 35.9 Å². The zero-order valence-corrected chi connectivity index (χ0v) is 12.0. The molecule has 1 aromatic rings. The molecule has 1 aliphatic heterocycles. The van der Waals surface area contributed by atoms with Crippen molar-refractivity contribution in [2.45, 2.75) is 45.1 Å². The third-order valence-electron chi connectivity index (χ3n) is 3.62. The second-order valence-corrected chi connectivity index (χ2v) is 5.24. The molecule has 0 aromatic heterocycles. The van der Waals surface area contributed by atoms with E-state index in [4.69, 9.17) is 0 Å². The van der Waals surface area contributed by atoms with Gasteiger partial charge in [0.15, 0.2) is 0 Å². The Morgan fingerprint density at radius 3 is 2.55 bits per heavy atom. The molecule has 0 aliphatic carbocycles. The average molecular weight is 274 g/mol. The van der Waals surface area contributed by atoms with Gasteiger partial charge in [-0.15, -0.1) is 0 Å². The van der Waals surface area contributed by atoms with E-state index in [1.807, 2.05) is 30.3 Å². The molecule has 1 unspecified atom stereocenters. The molecule has 3 amide bonds. The van der Waals surface area contributed by atoms with Crippen LogP contribution >= 0.6 is 0 Å². The predicted octanol–water partition coefficient (Wildman–Crippen LogP) is 2.73. The van der Waals surface area contributed by atoms with Crippen LogP contribution in [0.25, 0.3) is 0 Å². The molecule has 20 heavy (non-hydrogen) atoms. The maximum Gasteiger partial charge on any atom is 0.324 e. The van der Waals surface area contributed by atoms with Gasteiger partial charge in [-0.2, -0.15) is 0 Å². The molecule has 0 saturated carbocycles. The first-order valence-electron chi connectivity index (χ1n) is 7.38. The van der Waals surface area contributed by atoms with Crippen molar-refractivity contribution in [1.82, 2.24) is 10.2 Å². The van der Waals surface area contributed by atoms with Crippen molar-refractivity contribution in [1.29, 1.82) is 0 Å². The minimum atomic E-state index is -0.406. The van der Waals surface area contributed by atoms with E-state index in [0.29, 0.717) is 13.0 Å². The van der Waals surface area contributed by atoms with Crippen molar-refractivity contribution in [3.63, 3.8) is 0 Å². The van der Waals surface area contributed by atoms with Crippen molar-refractivity contribution in [2.75, 3.05) is 6.54 Å². The number of unbranched alkanes of at least 4 members (excludes halogenated alkanes) is 3. The quantitative estimate of drug-likeness (QED) is 0.614. The van der Waals surface area contributed by atoms with Crippen LogP contribution in [0.4, 0.5) is 4.79 Å². The summed E-state index contributed by atoms with van der Waals surface area (Å²) in [6, 6.07) is 9.13. The smallest absolute Gasteiger partial charge is 0.324 e. The van der Waals surface area contributed by atoms with E-state index in [9.17, 15) is 9.59 Å². The highest BCUT2D eigenvalue weighted by molar-refractivity contribution is 6.04. The Hall–Kier alpha value is -1.84. The molecule has 1 aliphatic rings. The zero-order chi connectivity index (χ0) is 14.4. The maximum atomic E-state index is 12.2. The Kier molecular flexibility index (Phi) is 5.16. The summed E-state index contributed by atoms with van der Waals surface area (Å²) in [6.45, 7) is 2.68. The standard InChI is InChI=1S/C16H22N2O2/c1-2-3-4-8-11-18-15(19)14(17-16(18)20)12-13-9-6-5-7-10-13/h5-7,9-10,14H,2-4,8,11-12H2,1H3,(H,17,20). The molecule has 1 saturated heterocycles. The molecular formula is C16H22N2O2. The van der Waals surface area contributed by atoms with Gasteiger partial charge in [0.2, 0.25) is 0 Å². The second-order valence-electron chi connectivity index (χ2n) is 5.24. The van der Waals surface area contributed by atoms with E-state index >= 15 is 0 Å². The molecule has 1 N–H and O–H groups in total. The van der Waals surface area contributed by atoms with Crippen LogP contribution < -0.4 is 5.32 Å². The lowest BCUT2D eigenvalue weighted by Gasteiger charge is -2.12. The Bertz CT molecular complexity index is 459. The van der Waals surface area contributed by atoms with Gasteiger partial charge in [0, 0.05) is 13.0 Å². The van der Waals surface area contributed by atoms with Crippen LogP contribution in [-0.4, -0.2) is 29.4 Å². The molecule has 4 heteroatoms. The molecule has 4 nitrogen and oxygen atoms in total. The summed E-state index contributed by atoms with van der Waals surface area (Å²) in [7, 11) is 0. The van der Waals surface area contributed by atoms with Gasteiger partial charge in [-0.1, -0.05) is 56.5 Å². The van der Waals surface area contributed by atoms with Crippen molar-refractivity contribution < 1.29 is 9.59 Å². The molecule has 0 radical (unpaired) electrons. The molecule has 1 atom stereocenters. The Balaban J connectivity index is 1.88. The summed E-state index contributed by atoms with van der Waals surface area (Å²) in [5.41, 5.74) is 1.07. The first-order valence-corrected chi connectivity index (χ1v) is 7.38. The molecule has 1 aromatic carbocycles. The van der Waals surface area contributed by atoms with Crippen LogP contribution in [0.1, 0.15) is 38.2 Å². The minimum absolute atomic E-state index is 0.0876. The first kappa shape index (κ1) is 14.6. The summed E-state index contributed by atoms with van der Waals surface area (Å²) in [4.78, 5) is 25.4. The normalized spacial score (nSPS) is 18.4. The summed E-state index contributed by atoms with van der Waals surface area (Å²) in [6.07, 6.45) is 4.83. The number of urea groups is 1. The molecular weight excluding hydrogens is 252 g/mol. The lowest BCUT2D eigenvalue weighted by Crippen LogP contribution is -2.33. The van der Waals surface area contributed by atoms with Gasteiger partial charge < -0.3 is 5.32 Å². The van der Waals surface area contributed by atoms with Crippen LogP contribution in [0.3, 0.4) is 0 Å². The fourth-order valence-corrected chi connectivity index (χ4v) is 2.47. The molecule has 0 bridgehead atoms. The SMILES string of the molecule is CCCCCCN1C(=O)NC(Cc2ccccc2)C1=O. The third-order valence-corrected chi connectivity index (χ3v) is 3.62. The van der Waals surface area contributed by atoms with Gasteiger partial charge in [-0.3, -0.25) is 9.69 Å². The van der Waals surface area contributed by atoms with E-state index in [0.717, 1.165) is 31.2 Å². The number of benzene rings is 1. The van der Waals surface area contributed by atoms with Crippen LogP contribution in [0.5, 0.6) is 0 Å². The van der Waals surface area contributed by atoms with Crippen molar-refractivity contribution >= 4 is 11.9 Å². The van der Waals surface area contributed by atoms with E-state index in [1.54, 1.807) is 0 Å². The fourth-order valence-electron chi connectivity index (χ4n) is 2.47. The van der Waals surface area contributed by atoms with E-state index < -0.39 is 6.04 Å². The molecule has 1 heterocycles. The number of hydrogen-bond acceptors (Lipinski definition) is 2. The topological polar surface area (TPSA) is 49.4 Å². The fraction of sp³-hybridized carbons (Fsp3) is 0.500. The molecule has 108 valence electrons. The number of nitrogens with zero attached hydrogens (tertiary/aromatic N) is 1. The maximum absolute atomic E-state index is 12.2. The number of rotatable bonds is 7. The highest BCUT2D eigenvalue weighted by Crippen LogP contribution is 2.13. The van der Waals surface area contributed by atoms with Gasteiger partial charge >= 0.3 is 6.03 Å². The highest BCUT2D eigenvalue weighted by Gasteiger charge is 2.37. The third kappa shape index (κ3) is 3.59. The van der Waals surface area contributed by atoms with E-state index in [1.165, 1.54) is 4.90 Å². The summed E-state index contributed by atoms with van der Waals surface area (Å²) < 4.78 is 0. The lowest BCUT2D eigenvalue weighted by molar-refractivity contribution is -0.127. The number of nitrogens with one attached hydrogen (secondary N) is 1. The van der Waals surface area contributed by atoms with Crippen LogP contribution in [0.2, 0.25) is 0 Å². The van der Waals surface area contributed by atoms with Gasteiger partial charge in [0.05, 0.1) is 0 Å². The number of hydrogen-bond donors (Lipinski definition) is 1. The van der Waals surface area contributed by atoms with E-state index in [-0.39, 0.29) is 11.9 Å². The van der Waals surface area contributed by atoms with Crippen molar-refractivity contribution in [2.24, 2.45) is 0 Å². The Morgan fingerprint density at radius 1 is 1.10 bits per heavy atom. The predicted molar refractivity (Wildman–Crippen MR) is 78.3 cm³/mol. The number of imide groups is 1. The summed E-state index contributed by atoms with van der Waals surface area (Å²) in [5.74, 6) is -0.0876. The number of carbonyl (C=O) groups is 2. The number of amides is 3. The summed E-state index contributed by atoms with van der Waals surface area (Å²) in [5, 5.41) is 2.78. The van der Waals surface area contributed by atoms with E-state index in [2.05, 4.69) is 12.2 Å². The largest absolute Gasteiger partial charge is 0.325 e. The van der Waals surface area contributed by atoms with Gasteiger partial charge in [0.1, 0.15) is 6.04 Å². The lowest BCUT2D eigenvalue weighted by atomic mass is 10.1. The second kappa shape index (κ2) is 7.08. The van der Waals surface area contributed by atoms with Gasteiger partial charge in [-0.05, 0) is 12.0 Å². The summed E-state index contributed by atoms with van der Waals surface area (Å²) >= 11 is 0.